The molecule has 1 N–H and O–H groups in total. The Hall–Kier alpha value is -2.33. The summed E-state index contributed by atoms with van der Waals surface area (Å²) in [6.45, 7) is 11.7. The lowest BCUT2D eigenvalue weighted by atomic mass is 9.96. The molecule has 0 aromatic heterocycles. The van der Waals surface area contributed by atoms with Crippen LogP contribution in [-0.2, 0) is 4.74 Å². The molecule has 1 atom stereocenters. The van der Waals surface area contributed by atoms with Gasteiger partial charge >= 0.3 is 0 Å². The highest BCUT2D eigenvalue weighted by atomic mass is 16.5. The molecule has 0 bridgehead atoms. The van der Waals surface area contributed by atoms with Crippen molar-refractivity contribution >= 4 is 11.6 Å². The highest BCUT2D eigenvalue weighted by molar-refractivity contribution is 5.94. The molecule has 2 aromatic rings. The molecule has 1 amide bonds. The minimum atomic E-state index is -0.0383. The van der Waals surface area contributed by atoms with Crippen LogP contribution in [0.25, 0.3) is 0 Å². The number of rotatable bonds is 4. The Morgan fingerprint density at radius 2 is 1.62 bits per heavy atom. The molecule has 138 valence electrons. The van der Waals surface area contributed by atoms with Crippen LogP contribution in [-0.4, -0.2) is 32.2 Å². The Bertz CT molecular complexity index is 777. The number of anilines is 1. The molecule has 1 aliphatic rings. The molecule has 4 nitrogen and oxygen atoms in total. The fourth-order valence-electron chi connectivity index (χ4n) is 3.45. The first-order valence-corrected chi connectivity index (χ1v) is 9.27. The van der Waals surface area contributed by atoms with E-state index in [-0.39, 0.29) is 11.9 Å². The van der Waals surface area contributed by atoms with Crippen LogP contribution in [0.15, 0.2) is 36.4 Å². The molecule has 0 aliphatic carbocycles. The lowest BCUT2D eigenvalue weighted by Gasteiger charge is -2.28. The largest absolute Gasteiger partial charge is 0.378 e. The van der Waals surface area contributed by atoms with Gasteiger partial charge in [0.15, 0.2) is 0 Å². The molecule has 4 heteroatoms. The summed E-state index contributed by atoms with van der Waals surface area (Å²) in [5.41, 5.74) is 6.75. The maximum Gasteiger partial charge on any atom is 0.251 e. The van der Waals surface area contributed by atoms with Gasteiger partial charge in [0.05, 0.1) is 19.3 Å². The highest BCUT2D eigenvalue weighted by Gasteiger charge is 2.15. The van der Waals surface area contributed by atoms with Crippen LogP contribution in [0.1, 0.15) is 45.6 Å². The van der Waals surface area contributed by atoms with Crippen LogP contribution >= 0.6 is 0 Å². The second-order valence-electron chi connectivity index (χ2n) is 7.13. The summed E-state index contributed by atoms with van der Waals surface area (Å²) in [6, 6.07) is 12.2. The SMILES string of the molecule is Cc1cc(C)c(C(C)NC(=O)c2ccc(N3CCOCC3)cc2)cc1C. The van der Waals surface area contributed by atoms with Crippen LogP contribution in [0, 0.1) is 20.8 Å². The van der Waals surface area contributed by atoms with Gasteiger partial charge in [-0.3, -0.25) is 4.79 Å². The topological polar surface area (TPSA) is 41.6 Å². The van der Waals surface area contributed by atoms with Crippen LogP contribution < -0.4 is 10.2 Å². The minimum Gasteiger partial charge on any atom is -0.378 e. The van der Waals surface area contributed by atoms with Gasteiger partial charge in [-0.1, -0.05) is 12.1 Å². The predicted octanol–water partition coefficient (Wildman–Crippen LogP) is 3.94. The van der Waals surface area contributed by atoms with E-state index in [0.29, 0.717) is 5.56 Å². The fourth-order valence-corrected chi connectivity index (χ4v) is 3.45. The van der Waals surface area contributed by atoms with Crippen LogP contribution in [0.4, 0.5) is 5.69 Å². The zero-order chi connectivity index (χ0) is 18.7. The van der Waals surface area contributed by atoms with E-state index in [9.17, 15) is 4.79 Å². The number of benzene rings is 2. The average molecular weight is 352 g/mol. The summed E-state index contributed by atoms with van der Waals surface area (Å²) in [6.07, 6.45) is 0. The van der Waals surface area contributed by atoms with Crippen molar-refractivity contribution in [3.8, 4) is 0 Å². The quantitative estimate of drug-likeness (QED) is 0.906. The van der Waals surface area contributed by atoms with Crippen molar-refractivity contribution in [3.63, 3.8) is 0 Å². The Morgan fingerprint density at radius 1 is 1.00 bits per heavy atom. The summed E-state index contributed by atoms with van der Waals surface area (Å²) >= 11 is 0. The number of carbonyl (C=O) groups excluding carboxylic acids is 1. The molecule has 2 aromatic carbocycles. The molecule has 0 spiro atoms. The molecule has 1 fully saturated rings. The first kappa shape index (κ1) is 18.5. The maximum atomic E-state index is 12.6. The summed E-state index contributed by atoms with van der Waals surface area (Å²) in [4.78, 5) is 14.9. The highest BCUT2D eigenvalue weighted by Crippen LogP contribution is 2.22. The molecule has 1 heterocycles. The van der Waals surface area contributed by atoms with Crippen molar-refractivity contribution in [1.29, 1.82) is 0 Å². The van der Waals surface area contributed by atoms with Gasteiger partial charge in [-0.2, -0.15) is 0 Å². The van der Waals surface area contributed by atoms with E-state index < -0.39 is 0 Å². The first-order valence-electron chi connectivity index (χ1n) is 9.27. The Morgan fingerprint density at radius 3 is 2.27 bits per heavy atom. The third-order valence-corrected chi connectivity index (χ3v) is 5.20. The van der Waals surface area contributed by atoms with Gasteiger partial charge in [0.1, 0.15) is 0 Å². The summed E-state index contributed by atoms with van der Waals surface area (Å²) in [5, 5.41) is 3.13. The number of ether oxygens (including phenoxy) is 1. The van der Waals surface area contributed by atoms with Crippen molar-refractivity contribution in [2.24, 2.45) is 0 Å². The number of nitrogens with zero attached hydrogens (tertiary/aromatic N) is 1. The van der Waals surface area contributed by atoms with Gasteiger partial charge < -0.3 is 15.0 Å². The van der Waals surface area contributed by atoms with Crippen LogP contribution in [0.3, 0.4) is 0 Å². The second kappa shape index (κ2) is 7.92. The molecule has 1 saturated heterocycles. The molecule has 26 heavy (non-hydrogen) atoms. The molecule has 0 radical (unpaired) electrons. The normalized spacial score (nSPS) is 15.6. The van der Waals surface area contributed by atoms with E-state index >= 15 is 0 Å². The molecule has 1 aliphatic heterocycles. The third-order valence-electron chi connectivity index (χ3n) is 5.20. The molecular weight excluding hydrogens is 324 g/mol. The predicted molar refractivity (Wildman–Crippen MR) is 106 cm³/mol. The fraction of sp³-hybridized carbons (Fsp3) is 0.409. The monoisotopic (exact) mass is 352 g/mol. The average Bonchev–Trinajstić information content (AvgIpc) is 2.65. The van der Waals surface area contributed by atoms with E-state index in [4.69, 9.17) is 4.74 Å². The van der Waals surface area contributed by atoms with Crippen LogP contribution in [0.2, 0.25) is 0 Å². The number of morpholine rings is 1. The Balaban J connectivity index is 1.68. The van der Waals surface area contributed by atoms with Crippen molar-refractivity contribution in [2.45, 2.75) is 33.7 Å². The molecule has 0 saturated carbocycles. The number of hydrogen-bond acceptors (Lipinski definition) is 3. The van der Waals surface area contributed by atoms with Crippen molar-refractivity contribution in [2.75, 3.05) is 31.2 Å². The second-order valence-corrected chi connectivity index (χ2v) is 7.13. The number of amides is 1. The minimum absolute atomic E-state index is 0.0271. The van der Waals surface area contributed by atoms with Crippen molar-refractivity contribution in [3.05, 3.63) is 64.2 Å². The smallest absolute Gasteiger partial charge is 0.251 e. The van der Waals surface area contributed by atoms with Gasteiger partial charge in [-0.25, -0.2) is 0 Å². The van der Waals surface area contributed by atoms with Crippen molar-refractivity contribution < 1.29 is 9.53 Å². The first-order chi connectivity index (χ1) is 12.5. The lowest BCUT2D eigenvalue weighted by Crippen LogP contribution is -2.36. The molecule has 1 unspecified atom stereocenters. The molecular formula is C22H28N2O2. The third kappa shape index (κ3) is 4.07. The van der Waals surface area contributed by atoms with E-state index in [2.05, 4.69) is 43.1 Å². The molecule has 3 rings (SSSR count). The van der Waals surface area contributed by atoms with E-state index in [1.165, 1.54) is 22.3 Å². The number of hydrogen-bond donors (Lipinski definition) is 1. The lowest BCUT2D eigenvalue weighted by molar-refractivity contribution is 0.0939. The maximum absolute atomic E-state index is 12.6. The van der Waals surface area contributed by atoms with Gasteiger partial charge in [-0.15, -0.1) is 0 Å². The summed E-state index contributed by atoms with van der Waals surface area (Å²) in [7, 11) is 0. The standard InChI is InChI=1S/C22H28N2O2/c1-15-13-17(3)21(14-16(15)2)18(4)23-22(25)19-5-7-20(8-6-19)24-9-11-26-12-10-24/h5-8,13-14,18H,9-12H2,1-4H3,(H,23,25). The Labute approximate surface area is 156 Å². The van der Waals surface area contributed by atoms with E-state index in [1.54, 1.807) is 0 Å². The van der Waals surface area contributed by atoms with E-state index in [1.807, 2.05) is 31.2 Å². The number of carbonyl (C=O) groups is 1. The summed E-state index contributed by atoms with van der Waals surface area (Å²) in [5.74, 6) is -0.0383. The summed E-state index contributed by atoms with van der Waals surface area (Å²) < 4.78 is 5.39. The van der Waals surface area contributed by atoms with E-state index in [0.717, 1.165) is 32.0 Å². The Kier molecular flexibility index (Phi) is 5.62. The zero-order valence-electron chi connectivity index (χ0n) is 16.1. The van der Waals surface area contributed by atoms with Gasteiger partial charge in [0, 0.05) is 24.3 Å². The zero-order valence-corrected chi connectivity index (χ0v) is 16.1. The van der Waals surface area contributed by atoms with Gasteiger partial charge in [0.2, 0.25) is 0 Å². The van der Waals surface area contributed by atoms with Gasteiger partial charge in [0.25, 0.3) is 5.91 Å². The van der Waals surface area contributed by atoms with Crippen LogP contribution in [0.5, 0.6) is 0 Å². The van der Waals surface area contributed by atoms with Crippen molar-refractivity contribution in [1.82, 2.24) is 5.32 Å². The number of nitrogens with one attached hydrogen (secondary N) is 1. The van der Waals surface area contributed by atoms with Gasteiger partial charge in [-0.05, 0) is 74.2 Å². The number of aryl methyl sites for hydroxylation is 3.